The number of halogens is 1. The molecule has 1 aliphatic heterocycles. The standard InChI is InChI=1S/C13H17BrN2O2/c1-15(2)11-3-4-16(8-11)12-6-9(13(17)18)5-10(14)7-12/h5-7,11H,3-4,8H2,1-2H3,(H,17,18). The lowest BCUT2D eigenvalue weighted by Crippen LogP contribution is -2.31. The van der Waals surface area contributed by atoms with Gasteiger partial charge in [0.25, 0.3) is 0 Å². The summed E-state index contributed by atoms with van der Waals surface area (Å²) in [4.78, 5) is 15.5. The van der Waals surface area contributed by atoms with Gasteiger partial charge in [-0.3, -0.25) is 0 Å². The maximum Gasteiger partial charge on any atom is 0.335 e. The van der Waals surface area contributed by atoms with Crippen molar-refractivity contribution in [2.45, 2.75) is 12.5 Å². The molecule has 1 N–H and O–H groups in total. The van der Waals surface area contributed by atoms with Crippen LogP contribution >= 0.6 is 15.9 Å². The van der Waals surface area contributed by atoms with E-state index in [-0.39, 0.29) is 0 Å². The third kappa shape index (κ3) is 2.84. The monoisotopic (exact) mass is 312 g/mol. The molecule has 0 aromatic heterocycles. The lowest BCUT2D eigenvalue weighted by atomic mass is 10.2. The average Bonchev–Trinajstić information content (AvgIpc) is 2.77. The van der Waals surface area contributed by atoms with Crippen molar-refractivity contribution in [3.63, 3.8) is 0 Å². The van der Waals surface area contributed by atoms with Crippen molar-refractivity contribution in [2.75, 3.05) is 32.1 Å². The van der Waals surface area contributed by atoms with Crippen molar-refractivity contribution in [1.29, 1.82) is 0 Å². The molecule has 1 aliphatic rings. The Balaban J connectivity index is 2.21. The fraction of sp³-hybridized carbons (Fsp3) is 0.462. The molecule has 98 valence electrons. The van der Waals surface area contributed by atoms with Crippen LogP contribution in [0.3, 0.4) is 0 Å². The lowest BCUT2D eigenvalue weighted by Gasteiger charge is -2.22. The smallest absolute Gasteiger partial charge is 0.335 e. The van der Waals surface area contributed by atoms with E-state index in [2.05, 4.69) is 39.8 Å². The fourth-order valence-corrected chi connectivity index (χ4v) is 2.76. The molecule has 0 radical (unpaired) electrons. The number of anilines is 1. The molecular weight excluding hydrogens is 296 g/mol. The summed E-state index contributed by atoms with van der Waals surface area (Å²) in [6.07, 6.45) is 1.11. The minimum atomic E-state index is -0.888. The summed E-state index contributed by atoms with van der Waals surface area (Å²) in [5.74, 6) is -0.888. The molecule has 4 nitrogen and oxygen atoms in total. The van der Waals surface area contributed by atoms with Gasteiger partial charge in [-0.25, -0.2) is 4.79 Å². The highest BCUT2D eigenvalue weighted by Crippen LogP contribution is 2.27. The maximum atomic E-state index is 11.0. The van der Waals surface area contributed by atoms with Crippen LogP contribution in [0.4, 0.5) is 5.69 Å². The van der Waals surface area contributed by atoms with Crippen molar-refractivity contribution in [3.05, 3.63) is 28.2 Å². The number of aromatic carboxylic acids is 1. The van der Waals surface area contributed by atoms with Crippen molar-refractivity contribution in [3.8, 4) is 0 Å². The number of nitrogens with zero attached hydrogens (tertiary/aromatic N) is 2. The minimum absolute atomic E-state index is 0.327. The second-order valence-corrected chi connectivity index (χ2v) is 5.77. The van der Waals surface area contributed by atoms with E-state index in [0.29, 0.717) is 11.6 Å². The SMILES string of the molecule is CN(C)C1CCN(c2cc(Br)cc(C(=O)O)c2)C1. The Bertz CT molecular complexity index is 462. The molecule has 0 amide bonds. The fourth-order valence-electron chi connectivity index (χ4n) is 2.28. The normalized spacial score (nSPS) is 19.6. The highest BCUT2D eigenvalue weighted by atomic mass is 79.9. The van der Waals surface area contributed by atoms with Crippen LogP contribution in [-0.2, 0) is 0 Å². The summed E-state index contributed by atoms with van der Waals surface area (Å²) >= 11 is 3.37. The summed E-state index contributed by atoms with van der Waals surface area (Å²) in [6.45, 7) is 1.92. The Morgan fingerprint density at radius 3 is 2.72 bits per heavy atom. The lowest BCUT2D eigenvalue weighted by molar-refractivity contribution is 0.0697. The Labute approximate surface area is 115 Å². The van der Waals surface area contributed by atoms with E-state index < -0.39 is 5.97 Å². The Kier molecular flexibility index (Phi) is 3.92. The first kappa shape index (κ1) is 13.4. The molecule has 0 aliphatic carbocycles. The van der Waals surface area contributed by atoms with Gasteiger partial charge in [0.1, 0.15) is 0 Å². The molecule has 5 heteroatoms. The summed E-state index contributed by atoms with van der Waals surface area (Å²) in [5, 5.41) is 9.07. The number of benzene rings is 1. The van der Waals surface area contributed by atoms with E-state index >= 15 is 0 Å². The topological polar surface area (TPSA) is 43.8 Å². The molecule has 1 aromatic rings. The quantitative estimate of drug-likeness (QED) is 0.930. The van der Waals surface area contributed by atoms with E-state index in [1.807, 2.05) is 6.07 Å². The zero-order valence-electron chi connectivity index (χ0n) is 10.6. The highest BCUT2D eigenvalue weighted by Gasteiger charge is 2.24. The van der Waals surface area contributed by atoms with E-state index in [1.54, 1.807) is 12.1 Å². The molecule has 2 rings (SSSR count). The number of carbonyl (C=O) groups is 1. The van der Waals surface area contributed by atoms with Gasteiger partial charge < -0.3 is 14.9 Å². The van der Waals surface area contributed by atoms with Gasteiger partial charge in [-0.2, -0.15) is 0 Å². The second-order valence-electron chi connectivity index (χ2n) is 4.86. The number of rotatable bonds is 3. The van der Waals surface area contributed by atoms with Crippen LogP contribution in [0.15, 0.2) is 22.7 Å². The van der Waals surface area contributed by atoms with Crippen LogP contribution in [0.5, 0.6) is 0 Å². The molecule has 1 unspecified atom stereocenters. The van der Waals surface area contributed by atoms with Crippen LogP contribution < -0.4 is 4.90 Å². The minimum Gasteiger partial charge on any atom is -0.478 e. The molecule has 1 fully saturated rings. The number of carboxylic acid groups (broad SMARTS) is 1. The Morgan fingerprint density at radius 2 is 2.17 bits per heavy atom. The highest BCUT2D eigenvalue weighted by molar-refractivity contribution is 9.10. The summed E-state index contributed by atoms with van der Waals surface area (Å²) in [6, 6.07) is 5.89. The number of likely N-dealkylation sites (N-methyl/N-ethyl adjacent to an activating group) is 1. The molecular formula is C13H17BrN2O2. The summed E-state index contributed by atoms with van der Waals surface area (Å²) in [7, 11) is 4.16. The number of hydrogen-bond acceptors (Lipinski definition) is 3. The largest absolute Gasteiger partial charge is 0.478 e. The maximum absolute atomic E-state index is 11.0. The van der Waals surface area contributed by atoms with E-state index in [4.69, 9.17) is 5.11 Å². The van der Waals surface area contributed by atoms with Gasteiger partial charge in [-0.15, -0.1) is 0 Å². The van der Waals surface area contributed by atoms with E-state index in [1.165, 1.54) is 0 Å². The number of carboxylic acids is 1. The molecule has 1 heterocycles. The van der Waals surface area contributed by atoms with Crippen LogP contribution in [0, 0.1) is 0 Å². The second kappa shape index (κ2) is 5.28. The third-order valence-electron chi connectivity index (χ3n) is 3.39. The Morgan fingerprint density at radius 1 is 1.44 bits per heavy atom. The molecule has 1 atom stereocenters. The van der Waals surface area contributed by atoms with Crippen LogP contribution in [0.2, 0.25) is 0 Å². The van der Waals surface area contributed by atoms with Gasteiger partial charge in [0.05, 0.1) is 5.56 Å². The predicted molar refractivity (Wildman–Crippen MR) is 75.4 cm³/mol. The molecule has 1 aromatic carbocycles. The first-order valence-electron chi connectivity index (χ1n) is 5.92. The van der Waals surface area contributed by atoms with Crippen molar-refractivity contribution < 1.29 is 9.90 Å². The van der Waals surface area contributed by atoms with Crippen molar-refractivity contribution >= 4 is 27.6 Å². The van der Waals surface area contributed by atoms with Gasteiger partial charge in [0.2, 0.25) is 0 Å². The Hall–Kier alpha value is -1.07. The van der Waals surface area contributed by atoms with Crippen LogP contribution in [0.1, 0.15) is 16.8 Å². The molecule has 0 bridgehead atoms. The van der Waals surface area contributed by atoms with Crippen molar-refractivity contribution in [1.82, 2.24) is 4.90 Å². The zero-order valence-corrected chi connectivity index (χ0v) is 12.1. The summed E-state index contributed by atoms with van der Waals surface area (Å²) < 4.78 is 0.811. The van der Waals surface area contributed by atoms with Gasteiger partial charge in [0.15, 0.2) is 0 Å². The van der Waals surface area contributed by atoms with Crippen molar-refractivity contribution in [2.24, 2.45) is 0 Å². The van der Waals surface area contributed by atoms with E-state index in [0.717, 1.165) is 29.7 Å². The van der Waals surface area contributed by atoms with Gasteiger partial charge >= 0.3 is 5.97 Å². The molecule has 0 saturated carbocycles. The average molecular weight is 313 g/mol. The first-order valence-corrected chi connectivity index (χ1v) is 6.72. The van der Waals surface area contributed by atoms with Gasteiger partial charge in [-0.1, -0.05) is 15.9 Å². The number of hydrogen-bond donors (Lipinski definition) is 1. The molecule has 1 saturated heterocycles. The predicted octanol–water partition coefficient (Wildman–Crippen LogP) is 2.29. The van der Waals surface area contributed by atoms with Crippen LogP contribution in [-0.4, -0.2) is 49.2 Å². The molecule has 0 spiro atoms. The first-order chi connectivity index (χ1) is 8.47. The molecule has 18 heavy (non-hydrogen) atoms. The zero-order chi connectivity index (χ0) is 13.3. The van der Waals surface area contributed by atoms with Crippen LogP contribution in [0.25, 0.3) is 0 Å². The third-order valence-corrected chi connectivity index (χ3v) is 3.85. The summed E-state index contributed by atoms with van der Waals surface area (Å²) in [5.41, 5.74) is 1.30. The van der Waals surface area contributed by atoms with Gasteiger partial charge in [-0.05, 0) is 38.7 Å². The van der Waals surface area contributed by atoms with E-state index in [9.17, 15) is 4.79 Å². The van der Waals surface area contributed by atoms with Gasteiger partial charge in [0, 0.05) is 29.3 Å².